The number of nitrogens with one attached hydrogen (secondary N) is 4. The first kappa shape index (κ1) is 85.2. The average Bonchev–Trinajstić information content (AvgIpc) is 3.55. The Morgan fingerprint density at radius 1 is 0.575 bits per heavy atom. The average molecular weight is 1530 g/mol. The Morgan fingerprint density at radius 2 is 0.920 bits per heavy atom. The number of amides is 4. The molecule has 0 saturated carbocycles. The van der Waals surface area contributed by atoms with Crippen LogP contribution in [0.2, 0.25) is 10.0 Å². The van der Waals surface area contributed by atoms with Crippen LogP contribution in [0, 0.1) is 0 Å². The van der Waals surface area contributed by atoms with Crippen LogP contribution in [0.4, 0.5) is 14.0 Å². The number of aliphatic carboxylic acids is 1. The van der Waals surface area contributed by atoms with Crippen molar-refractivity contribution in [3.8, 4) is 11.5 Å². The maximum Gasteiger partial charge on any atom is 1.00 e. The number of carbonyl (C=O) groups excluding carboxylic acids is 8. The van der Waals surface area contributed by atoms with Crippen molar-refractivity contribution < 1.29 is 237 Å². The van der Waals surface area contributed by atoms with Crippen molar-refractivity contribution in [3.05, 3.63) is 129 Å². The zero-order valence-electron chi connectivity index (χ0n) is 52.9. The molecule has 4 amide bonds. The van der Waals surface area contributed by atoms with Crippen molar-refractivity contribution in [2.24, 2.45) is 0 Å². The molecule has 0 spiro atoms. The molecule has 4 aromatic rings. The number of hydrogen-bond acceptors (Lipinski definition) is 18. The quantitative estimate of drug-likeness (QED) is 0.0128. The van der Waals surface area contributed by atoms with Gasteiger partial charge < -0.3 is 71.1 Å². The van der Waals surface area contributed by atoms with Crippen LogP contribution in [-0.4, -0.2) is 128 Å². The van der Waals surface area contributed by atoms with Gasteiger partial charge in [-0.1, -0.05) is 59.1 Å². The topological polar surface area (TPSA) is 319 Å². The molecule has 0 aliphatic heterocycles. The van der Waals surface area contributed by atoms with Gasteiger partial charge in [-0.3, -0.25) is 28.4 Å². The van der Waals surface area contributed by atoms with Crippen LogP contribution in [0.3, 0.4) is 0 Å². The molecule has 0 aliphatic rings. The zero-order valence-corrected chi connectivity index (χ0v) is 65.7. The molecule has 0 atom stereocenters. The summed E-state index contributed by atoms with van der Waals surface area (Å²) >= 11 is 16.8. The van der Waals surface area contributed by atoms with Gasteiger partial charge >= 0.3 is 174 Å². The van der Waals surface area contributed by atoms with Gasteiger partial charge in [-0.2, -0.15) is 0 Å². The Labute approximate surface area is 642 Å². The van der Waals surface area contributed by atoms with Gasteiger partial charge in [0.25, 0.3) is 18.3 Å². The molecular formula is C58H76Cl3Cs2FN4O19. The van der Waals surface area contributed by atoms with Crippen molar-refractivity contribution in [2.45, 2.75) is 117 Å². The van der Waals surface area contributed by atoms with E-state index < -0.39 is 72.4 Å². The van der Waals surface area contributed by atoms with E-state index in [1.807, 2.05) is 24.3 Å². The molecule has 0 aliphatic carbocycles. The Balaban J connectivity index is -0.000000618. The van der Waals surface area contributed by atoms with E-state index >= 15 is 0 Å². The third-order valence-corrected chi connectivity index (χ3v) is 10.5. The van der Waals surface area contributed by atoms with E-state index in [-0.39, 0.29) is 189 Å². The first-order valence-corrected chi connectivity index (χ1v) is 26.9. The van der Waals surface area contributed by atoms with Gasteiger partial charge in [-0.05, 0) is 166 Å². The molecule has 0 unspecified atom stereocenters. The molecule has 0 heterocycles. The van der Waals surface area contributed by atoms with Crippen LogP contribution in [0.1, 0.15) is 117 Å². The van der Waals surface area contributed by atoms with Gasteiger partial charge in [-0.15, -0.1) is 0 Å². The summed E-state index contributed by atoms with van der Waals surface area (Å²) in [5.74, 6) is -2.27. The smallest absolute Gasteiger partial charge is 1.00 e. The number of rotatable bonds is 24. The minimum atomic E-state index is -1.35. The normalized spacial score (nSPS) is 10.5. The number of esters is 3. The SMILES string of the molecule is CC(C)(C)OC(=O)NCCC(=O)OCCl.CC(C)(C)OC(=O)NCCC(=O)OCOC(=O)C(C)(C)Oc1ccc(CCNC(=O)c2ccc(Cl)cc2)cc1.CC(C)(Oc1ccc(CCNC(=O)c2ccc(Cl)cc2)cc1)C(=O)O.O=CO[O-].[2H]CF.[Cs+].[Cs+].[H-]. The van der Waals surface area contributed by atoms with Crippen molar-refractivity contribution in [1.82, 2.24) is 21.3 Å². The van der Waals surface area contributed by atoms with E-state index in [0.29, 0.717) is 58.6 Å². The van der Waals surface area contributed by atoms with E-state index in [4.69, 9.17) is 79.8 Å². The number of carboxylic acid groups (broad SMARTS) is 1. The second-order valence-corrected chi connectivity index (χ2v) is 21.2. The van der Waals surface area contributed by atoms with E-state index in [0.717, 1.165) is 11.1 Å². The fourth-order valence-electron chi connectivity index (χ4n) is 5.86. The molecular weight excluding hydrogens is 1450 g/mol. The number of carbonyl (C=O) groups is 9. The molecule has 0 saturated heterocycles. The Kier molecular flexibility index (Phi) is 46.2. The van der Waals surface area contributed by atoms with E-state index in [1.165, 1.54) is 27.7 Å². The number of hydrogen-bond donors (Lipinski definition) is 5. The molecule has 29 heteroatoms. The number of ether oxygens (including phenoxy) is 7. The first-order valence-electron chi connectivity index (χ1n) is 26.3. The standard InChI is InChI=1S/C28H35ClN2O8.C19H20ClNO4.C9H16ClNO4.CH3F.CH2O3.2Cs.H/c1-27(2,3)39-26(35)31-17-15-23(32)36-18-37-25(34)28(4,5)38-22-12-6-19(7-13-22)14-16-30-24(33)20-8-10-21(29)11-9-20;1-19(2,18(23)24)25-16-9-3-13(4-10-16)11-12-21-17(22)14-5-7-15(20)8-6-14;1-9(2,3)15-8(13)11-5-4-7(12)14-6-10;1-2;2-1-4-3;;;/h6-13H,14-18H2,1-5H3,(H,30,33)(H,31,35);3-10H,11-12H2,1-2H3,(H,21,22)(H,23,24);4-6H2,1-3H3,(H,11,13);1H3;1,3H;;;/q;;;;;2*+1;-1/p-1/i;;;1D;;;;. The minimum Gasteiger partial charge on any atom is -1.00 e. The summed E-state index contributed by atoms with van der Waals surface area (Å²) in [5.41, 5.74) is -0.753. The summed E-state index contributed by atoms with van der Waals surface area (Å²) in [6.45, 7) is 16.9. The van der Waals surface area contributed by atoms with E-state index in [1.54, 1.807) is 114 Å². The zero-order chi connectivity index (χ0) is 65.5. The Hall–Kier alpha value is -3.83. The second kappa shape index (κ2) is 47.1. The van der Waals surface area contributed by atoms with Gasteiger partial charge in [0.2, 0.25) is 6.79 Å². The van der Waals surface area contributed by atoms with Crippen LogP contribution in [0.15, 0.2) is 97.1 Å². The van der Waals surface area contributed by atoms with Gasteiger partial charge in [0.15, 0.2) is 17.3 Å². The van der Waals surface area contributed by atoms with Crippen molar-refractivity contribution in [2.75, 3.05) is 46.2 Å². The molecule has 472 valence electrons. The monoisotopic (exact) mass is 1520 g/mol. The summed E-state index contributed by atoms with van der Waals surface area (Å²) in [7, 11) is -1.00. The van der Waals surface area contributed by atoms with Gasteiger partial charge in [0.05, 0.1) is 21.4 Å². The molecule has 0 bridgehead atoms. The van der Waals surface area contributed by atoms with Crippen molar-refractivity contribution in [3.63, 3.8) is 0 Å². The fraction of sp³-hybridized carbons (Fsp3) is 0.431. The second-order valence-electron chi connectivity index (χ2n) is 20.1. The predicted octanol–water partition coefficient (Wildman–Crippen LogP) is 2.76. The Bertz CT molecular complexity index is 2730. The largest absolute Gasteiger partial charge is 1.00 e. The third kappa shape index (κ3) is 43.5. The number of halogens is 4. The molecule has 0 aromatic heterocycles. The number of alkyl carbamates (subject to hydrolysis) is 2. The maximum absolute atomic E-state index is 12.4. The molecule has 23 nitrogen and oxygen atoms in total. The summed E-state index contributed by atoms with van der Waals surface area (Å²) in [5, 5.41) is 29.2. The van der Waals surface area contributed by atoms with Crippen LogP contribution in [0.5, 0.6) is 11.5 Å². The number of benzene rings is 4. The van der Waals surface area contributed by atoms with Gasteiger partial charge in [-0.25, -0.2) is 19.2 Å². The minimum absolute atomic E-state index is 0. The van der Waals surface area contributed by atoms with Crippen LogP contribution in [-0.2, 0) is 65.4 Å². The van der Waals surface area contributed by atoms with Crippen LogP contribution < -0.4 is 174 Å². The molecule has 4 rings (SSSR count). The molecule has 4 aromatic carbocycles. The number of alkyl halides is 2. The fourth-order valence-corrected chi connectivity index (χ4v) is 6.23. The maximum atomic E-state index is 12.4. The van der Waals surface area contributed by atoms with Gasteiger partial charge in [0.1, 0.15) is 22.7 Å². The van der Waals surface area contributed by atoms with Crippen LogP contribution in [0.25, 0.3) is 0 Å². The van der Waals surface area contributed by atoms with Gasteiger partial charge in [0, 0.05) is 47.4 Å². The first-order chi connectivity index (χ1) is 40.2. The van der Waals surface area contributed by atoms with E-state index in [2.05, 4.69) is 30.9 Å². The van der Waals surface area contributed by atoms with Crippen molar-refractivity contribution in [1.29, 1.82) is 0 Å². The van der Waals surface area contributed by atoms with Crippen molar-refractivity contribution >= 4 is 89.2 Å². The third-order valence-electron chi connectivity index (χ3n) is 9.87. The summed E-state index contributed by atoms with van der Waals surface area (Å²) in [6.07, 6.45) is 0.0154. The Morgan fingerprint density at radius 3 is 1.24 bits per heavy atom. The molecule has 0 fully saturated rings. The summed E-state index contributed by atoms with van der Waals surface area (Å²) in [6, 6.07) is 27.4. The summed E-state index contributed by atoms with van der Waals surface area (Å²) < 4.78 is 51.1. The predicted molar refractivity (Wildman–Crippen MR) is 312 cm³/mol. The molecule has 5 N–H and O–H groups in total. The van der Waals surface area contributed by atoms with Crippen LogP contribution >= 0.6 is 34.8 Å². The molecule has 87 heavy (non-hydrogen) atoms. The van der Waals surface area contributed by atoms with E-state index in [9.17, 15) is 42.7 Å². The number of carboxylic acids is 1. The summed E-state index contributed by atoms with van der Waals surface area (Å²) in [4.78, 5) is 104. The molecule has 0 radical (unpaired) electrons.